The van der Waals surface area contributed by atoms with Crippen LogP contribution in [0.3, 0.4) is 0 Å². The number of carbonyl (C=O) groups excluding carboxylic acids is 2. The fraction of sp³-hybridized carbons (Fsp3) is 0.389. The third-order valence-electron chi connectivity index (χ3n) is 5.37. The van der Waals surface area contributed by atoms with Crippen molar-refractivity contribution in [3.8, 4) is 5.75 Å². The molecule has 2 atom stereocenters. The highest BCUT2D eigenvalue weighted by atomic mass is 32.1. The molecule has 0 unspecified atom stereocenters. The van der Waals surface area contributed by atoms with Gasteiger partial charge < -0.3 is 14.9 Å². The number of carbonyl (C=O) groups is 2. The van der Waals surface area contributed by atoms with E-state index < -0.39 is 0 Å². The Morgan fingerprint density at radius 1 is 1.11 bits per heavy atom. The number of amides is 2. The molecule has 10 heteroatoms. The number of hydrogen-bond acceptors (Lipinski definition) is 7. The molecule has 3 aromatic rings. The number of thiophene rings is 1. The fourth-order valence-corrected chi connectivity index (χ4v) is 4.85. The van der Waals surface area contributed by atoms with Gasteiger partial charge in [-0.2, -0.15) is 4.98 Å². The first-order valence-electron chi connectivity index (χ1n) is 9.01. The summed E-state index contributed by atoms with van der Waals surface area (Å²) < 4.78 is 1.58. The van der Waals surface area contributed by atoms with Crippen molar-refractivity contribution in [3.05, 3.63) is 39.6 Å². The maximum atomic E-state index is 13.0. The Balaban J connectivity index is 1.35. The van der Waals surface area contributed by atoms with Gasteiger partial charge in [0.25, 0.3) is 17.6 Å². The normalized spacial score (nSPS) is 21.1. The Kier molecular flexibility index (Phi) is 3.66. The number of aromatic hydroxyl groups is 1. The summed E-state index contributed by atoms with van der Waals surface area (Å²) in [5.41, 5.74) is 1.69. The summed E-state index contributed by atoms with van der Waals surface area (Å²) in [7, 11) is 0. The third kappa shape index (κ3) is 2.55. The molecule has 2 aliphatic rings. The van der Waals surface area contributed by atoms with E-state index in [0.29, 0.717) is 23.7 Å². The molecule has 5 rings (SSSR count). The molecule has 5 heterocycles. The number of nitrogens with zero attached hydrogens (tertiary/aromatic N) is 6. The van der Waals surface area contributed by atoms with E-state index in [9.17, 15) is 14.7 Å². The van der Waals surface area contributed by atoms with E-state index in [1.54, 1.807) is 19.7 Å². The summed E-state index contributed by atoms with van der Waals surface area (Å²) in [6.45, 7) is 4.72. The molecular weight excluding hydrogens is 380 g/mol. The standard InChI is InChI=1S/C18H18N6O3S/c1-9-3-10(2)24-18(19-9)20-15(21-24)17(27)23-7-11-4-12(23)6-22(11)16(26)14-5-13(25)8-28-14/h3,5,8,11-12,25H,4,6-7H2,1-2H3/t11-,12-/m0/s1. The number of hydrogen-bond donors (Lipinski definition) is 1. The number of aromatic nitrogens is 4. The van der Waals surface area contributed by atoms with Crippen LogP contribution in [0.2, 0.25) is 0 Å². The van der Waals surface area contributed by atoms with Gasteiger partial charge in [0, 0.05) is 35.9 Å². The summed E-state index contributed by atoms with van der Waals surface area (Å²) in [6.07, 6.45) is 0.749. The maximum absolute atomic E-state index is 13.0. The van der Waals surface area contributed by atoms with Crippen LogP contribution in [-0.2, 0) is 0 Å². The van der Waals surface area contributed by atoms with Crippen LogP contribution in [0.4, 0.5) is 0 Å². The molecule has 28 heavy (non-hydrogen) atoms. The first-order chi connectivity index (χ1) is 13.4. The number of likely N-dealkylation sites (tertiary alicyclic amines) is 2. The summed E-state index contributed by atoms with van der Waals surface area (Å²) in [5.74, 6) is 0.336. The lowest BCUT2D eigenvalue weighted by molar-refractivity contribution is 0.0522. The summed E-state index contributed by atoms with van der Waals surface area (Å²) in [4.78, 5) is 38.4. The lowest BCUT2D eigenvalue weighted by atomic mass is 10.2. The molecule has 0 radical (unpaired) electrons. The van der Waals surface area contributed by atoms with Gasteiger partial charge in [-0.3, -0.25) is 9.59 Å². The Labute approximate surface area is 164 Å². The van der Waals surface area contributed by atoms with Crippen LogP contribution < -0.4 is 0 Å². The highest BCUT2D eigenvalue weighted by Gasteiger charge is 2.48. The monoisotopic (exact) mass is 398 g/mol. The van der Waals surface area contributed by atoms with E-state index >= 15 is 0 Å². The SMILES string of the molecule is Cc1cc(C)n2nc(C(=O)N3C[C@@H]4C[C@H]3CN4C(=O)c3cc(O)cs3)nc2n1. The molecule has 3 aromatic heterocycles. The van der Waals surface area contributed by atoms with Crippen LogP contribution >= 0.6 is 11.3 Å². The van der Waals surface area contributed by atoms with E-state index in [-0.39, 0.29) is 35.5 Å². The zero-order chi connectivity index (χ0) is 19.6. The Morgan fingerprint density at radius 3 is 2.46 bits per heavy atom. The Hall–Kier alpha value is -3.01. The van der Waals surface area contributed by atoms with Gasteiger partial charge in [0.1, 0.15) is 5.75 Å². The molecule has 0 aromatic carbocycles. The van der Waals surface area contributed by atoms with Gasteiger partial charge in [0.2, 0.25) is 5.82 Å². The predicted molar refractivity (Wildman–Crippen MR) is 101 cm³/mol. The predicted octanol–water partition coefficient (Wildman–Crippen LogP) is 1.25. The maximum Gasteiger partial charge on any atom is 0.293 e. The molecule has 2 amide bonds. The van der Waals surface area contributed by atoms with Crippen molar-refractivity contribution < 1.29 is 14.7 Å². The molecule has 2 aliphatic heterocycles. The van der Waals surface area contributed by atoms with Gasteiger partial charge in [0.15, 0.2) is 0 Å². The third-order valence-corrected chi connectivity index (χ3v) is 6.27. The van der Waals surface area contributed by atoms with Crippen LogP contribution in [0.1, 0.15) is 38.1 Å². The molecule has 2 fully saturated rings. The van der Waals surface area contributed by atoms with E-state index in [0.717, 1.165) is 17.8 Å². The van der Waals surface area contributed by atoms with Crippen molar-refractivity contribution in [2.24, 2.45) is 0 Å². The highest BCUT2D eigenvalue weighted by Crippen LogP contribution is 2.34. The minimum absolute atomic E-state index is 0.0233. The quantitative estimate of drug-likeness (QED) is 0.697. The van der Waals surface area contributed by atoms with Gasteiger partial charge in [-0.15, -0.1) is 16.4 Å². The van der Waals surface area contributed by atoms with Crippen LogP contribution in [0.5, 0.6) is 5.75 Å². The van der Waals surface area contributed by atoms with Crippen molar-refractivity contribution in [3.63, 3.8) is 0 Å². The minimum Gasteiger partial charge on any atom is -0.507 e. The molecule has 0 aliphatic carbocycles. The second kappa shape index (κ2) is 5.99. The number of piperazine rings is 1. The van der Waals surface area contributed by atoms with Crippen molar-refractivity contribution in [2.45, 2.75) is 32.4 Å². The van der Waals surface area contributed by atoms with E-state index in [1.165, 1.54) is 17.4 Å². The highest BCUT2D eigenvalue weighted by molar-refractivity contribution is 7.12. The average Bonchev–Trinajstić information content (AvgIpc) is 3.42. The zero-order valence-electron chi connectivity index (χ0n) is 15.4. The van der Waals surface area contributed by atoms with E-state index in [2.05, 4.69) is 15.1 Å². The lowest BCUT2D eigenvalue weighted by Gasteiger charge is -2.33. The van der Waals surface area contributed by atoms with Gasteiger partial charge >= 0.3 is 0 Å². The van der Waals surface area contributed by atoms with Crippen molar-refractivity contribution in [1.82, 2.24) is 29.4 Å². The van der Waals surface area contributed by atoms with Crippen molar-refractivity contribution in [2.75, 3.05) is 13.1 Å². The largest absolute Gasteiger partial charge is 0.507 e. The van der Waals surface area contributed by atoms with Gasteiger partial charge in [-0.1, -0.05) is 0 Å². The average molecular weight is 398 g/mol. The van der Waals surface area contributed by atoms with Crippen molar-refractivity contribution in [1.29, 1.82) is 0 Å². The van der Waals surface area contributed by atoms with Gasteiger partial charge in [-0.05, 0) is 26.3 Å². The molecule has 2 saturated heterocycles. The molecule has 0 spiro atoms. The lowest BCUT2D eigenvalue weighted by Crippen LogP contribution is -2.50. The summed E-state index contributed by atoms with van der Waals surface area (Å²) in [5, 5.41) is 15.4. The van der Waals surface area contributed by atoms with E-state index in [4.69, 9.17) is 0 Å². The second-order valence-electron chi connectivity index (χ2n) is 7.31. The number of fused-ring (bicyclic) bond motifs is 3. The fourth-order valence-electron chi connectivity index (χ4n) is 4.13. The van der Waals surface area contributed by atoms with Crippen LogP contribution in [0, 0.1) is 13.8 Å². The molecule has 2 bridgehead atoms. The first-order valence-corrected chi connectivity index (χ1v) is 9.89. The smallest absolute Gasteiger partial charge is 0.293 e. The van der Waals surface area contributed by atoms with Gasteiger partial charge in [0.05, 0.1) is 17.0 Å². The second-order valence-corrected chi connectivity index (χ2v) is 8.22. The van der Waals surface area contributed by atoms with Crippen LogP contribution in [0.15, 0.2) is 17.5 Å². The first kappa shape index (κ1) is 17.1. The Morgan fingerprint density at radius 2 is 1.82 bits per heavy atom. The molecular formula is C18H18N6O3S. The van der Waals surface area contributed by atoms with Gasteiger partial charge in [-0.25, -0.2) is 9.50 Å². The molecule has 9 nitrogen and oxygen atoms in total. The molecule has 0 saturated carbocycles. The summed E-state index contributed by atoms with van der Waals surface area (Å²) >= 11 is 1.23. The zero-order valence-corrected chi connectivity index (χ0v) is 16.2. The number of rotatable bonds is 2. The topological polar surface area (TPSA) is 104 Å². The van der Waals surface area contributed by atoms with Crippen LogP contribution in [0.25, 0.3) is 5.78 Å². The van der Waals surface area contributed by atoms with Crippen LogP contribution in [-0.4, -0.2) is 71.5 Å². The molecule has 1 N–H and O–H groups in total. The number of aryl methyl sites for hydroxylation is 2. The molecule has 144 valence electrons. The minimum atomic E-state index is -0.226. The van der Waals surface area contributed by atoms with E-state index in [1.807, 2.05) is 19.9 Å². The Bertz CT molecular complexity index is 1120. The van der Waals surface area contributed by atoms with Crippen molar-refractivity contribution >= 4 is 28.9 Å². The summed E-state index contributed by atoms with van der Waals surface area (Å²) in [6, 6.07) is 3.31.